The van der Waals surface area contributed by atoms with E-state index < -0.39 is 11.9 Å². The predicted octanol–water partition coefficient (Wildman–Crippen LogP) is 2.15. The first-order valence-corrected chi connectivity index (χ1v) is 7.99. The van der Waals surface area contributed by atoms with E-state index in [9.17, 15) is 14.7 Å². The summed E-state index contributed by atoms with van der Waals surface area (Å²) in [5.41, 5.74) is 0.0151. The molecule has 3 unspecified atom stereocenters. The van der Waals surface area contributed by atoms with Crippen LogP contribution in [0.4, 0.5) is 0 Å². The number of aliphatic carboxylic acids is 1. The van der Waals surface area contributed by atoms with Crippen molar-refractivity contribution in [3.63, 3.8) is 0 Å². The number of hydrogen-bond acceptors (Lipinski definition) is 3. The third kappa shape index (κ3) is 3.23. The molecule has 1 heterocycles. The molecule has 120 valence electrons. The van der Waals surface area contributed by atoms with Gasteiger partial charge in [0.05, 0.1) is 19.3 Å². The van der Waals surface area contributed by atoms with Crippen molar-refractivity contribution in [2.75, 3.05) is 19.8 Å². The smallest absolute Gasteiger partial charge is 0.311 e. The highest BCUT2D eigenvalue weighted by Crippen LogP contribution is 2.44. The van der Waals surface area contributed by atoms with Gasteiger partial charge in [-0.1, -0.05) is 27.2 Å². The van der Waals surface area contributed by atoms with Crippen LogP contribution in [0.1, 0.15) is 46.5 Å². The first kappa shape index (κ1) is 16.3. The van der Waals surface area contributed by atoms with Gasteiger partial charge in [0.2, 0.25) is 5.91 Å². The van der Waals surface area contributed by atoms with Gasteiger partial charge in [0.1, 0.15) is 5.92 Å². The lowest BCUT2D eigenvalue weighted by atomic mass is 9.80. The highest BCUT2D eigenvalue weighted by Gasteiger charge is 2.46. The molecule has 0 radical (unpaired) electrons. The van der Waals surface area contributed by atoms with Crippen molar-refractivity contribution in [3.05, 3.63) is 0 Å². The molecule has 1 aliphatic heterocycles. The fourth-order valence-corrected chi connectivity index (χ4v) is 3.75. The van der Waals surface area contributed by atoms with Crippen molar-refractivity contribution in [1.29, 1.82) is 0 Å². The molecule has 0 bridgehead atoms. The Hall–Kier alpha value is -1.10. The minimum absolute atomic E-state index is 0.0131. The van der Waals surface area contributed by atoms with Crippen LogP contribution >= 0.6 is 0 Å². The summed E-state index contributed by atoms with van der Waals surface area (Å²) in [6, 6.07) is -0.314. The summed E-state index contributed by atoms with van der Waals surface area (Å²) in [7, 11) is 0. The summed E-state index contributed by atoms with van der Waals surface area (Å²) < 4.78 is 5.35. The highest BCUT2D eigenvalue weighted by atomic mass is 16.5. The minimum Gasteiger partial charge on any atom is -0.481 e. The lowest BCUT2D eigenvalue weighted by molar-refractivity contribution is -0.147. The molecule has 1 N–H and O–H groups in total. The van der Waals surface area contributed by atoms with Crippen LogP contribution < -0.4 is 0 Å². The van der Waals surface area contributed by atoms with Crippen LogP contribution in [0.5, 0.6) is 0 Å². The van der Waals surface area contributed by atoms with Crippen molar-refractivity contribution in [3.8, 4) is 0 Å². The molecule has 0 spiro atoms. The molecule has 1 saturated carbocycles. The number of hydrogen-bond donors (Lipinski definition) is 1. The van der Waals surface area contributed by atoms with Crippen molar-refractivity contribution in [1.82, 2.24) is 4.90 Å². The van der Waals surface area contributed by atoms with Crippen LogP contribution in [0.25, 0.3) is 0 Å². The Labute approximate surface area is 126 Å². The van der Waals surface area contributed by atoms with E-state index in [0.717, 1.165) is 25.7 Å². The Morgan fingerprint density at radius 3 is 2.57 bits per heavy atom. The van der Waals surface area contributed by atoms with E-state index in [2.05, 4.69) is 13.8 Å². The Bertz CT molecular complexity index is 407. The molecule has 21 heavy (non-hydrogen) atoms. The third-order valence-corrected chi connectivity index (χ3v) is 5.07. The minimum atomic E-state index is -0.864. The predicted molar refractivity (Wildman–Crippen MR) is 78.9 cm³/mol. The topological polar surface area (TPSA) is 66.8 Å². The maximum absolute atomic E-state index is 13.0. The lowest BCUT2D eigenvalue weighted by Crippen LogP contribution is -2.50. The molecular formula is C16H27NO4. The van der Waals surface area contributed by atoms with E-state index in [1.165, 1.54) is 0 Å². The van der Waals surface area contributed by atoms with Gasteiger partial charge < -0.3 is 14.7 Å². The second kappa shape index (κ2) is 6.34. The fraction of sp³-hybridized carbons (Fsp3) is 0.875. The number of carboxylic acids is 1. The molecule has 1 saturated heterocycles. The Morgan fingerprint density at radius 1 is 1.33 bits per heavy atom. The molecule has 2 rings (SSSR count). The molecule has 5 nitrogen and oxygen atoms in total. The summed E-state index contributed by atoms with van der Waals surface area (Å²) in [6.07, 6.45) is 3.89. The molecule has 1 aliphatic carbocycles. The van der Waals surface area contributed by atoms with Gasteiger partial charge in [0.25, 0.3) is 0 Å². The van der Waals surface area contributed by atoms with Crippen molar-refractivity contribution in [2.24, 2.45) is 17.3 Å². The summed E-state index contributed by atoms with van der Waals surface area (Å²) in [4.78, 5) is 26.2. The van der Waals surface area contributed by atoms with Gasteiger partial charge in [-0.25, -0.2) is 0 Å². The number of amides is 1. The van der Waals surface area contributed by atoms with Crippen molar-refractivity contribution >= 4 is 11.9 Å². The average Bonchev–Trinajstić information content (AvgIpc) is 3.01. The van der Waals surface area contributed by atoms with E-state index >= 15 is 0 Å². The molecule has 0 aromatic carbocycles. The van der Waals surface area contributed by atoms with Gasteiger partial charge in [-0.05, 0) is 24.7 Å². The standard InChI is InChI=1S/C16H27NO4/c1-4-8-17(13-10-21-9-11(13)15(19)20)14(18)12-6-5-7-16(12,2)3/h11-13H,4-10H2,1-3H3,(H,19,20). The highest BCUT2D eigenvalue weighted by molar-refractivity contribution is 5.81. The summed E-state index contributed by atoms with van der Waals surface area (Å²) in [6.45, 7) is 7.48. The summed E-state index contributed by atoms with van der Waals surface area (Å²) in [5.74, 6) is -1.32. The largest absolute Gasteiger partial charge is 0.481 e. The molecule has 3 atom stereocenters. The molecule has 5 heteroatoms. The van der Waals surface area contributed by atoms with Gasteiger partial charge in [-0.2, -0.15) is 0 Å². The van der Waals surface area contributed by atoms with Gasteiger partial charge in [-0.3, -0.25) is 9.59 Å². The molecule has 1 amide bonds. The van der Waals surface area contributed by atoms with Crippen LogP contribution in [0.15, 0.2) is 0 Å². The van der Waals surface area contributed by atoms with Crippen LogP contribution in [-0.2, 0) is 14.3 Å². The zero-order chi connectivity index (χ0) is 15.6. The van der Waals surface area contributed by atoms with E-state index in [4.69, 9.17) is 4.74 Å². The first-order chi connectivity index (χ1) is 9.88. The summed E-state index contributed by atoms with van der Waals surface area (Å²) in [5, 5.41) is 9.33. The number of rotatable bonds is 5. The van der Waals surface area contributed by atoms with Gasteiger partial charge in [0, 0.05) is 12.5 Å². The quantitative estimate of drug-likeness (QED) is 0.844. The first-order valence-electron chi connectivity index (χ1n) is 7.99. The van der Waals surface area contributed by atoms with Gasteiger partial charge >= 0.3 is 5.97 Å². The number of nitrogens with zero attached hydrogens (tertiary/aromatic N) is 1. The van der Waals surface area contributed by atoms with Crippen molar-refractivity contribution < 1.29 is 19.4 Å². The zero-order valence-electron chi connectivity index (χ0n) is 13.3. The van der Waals surface area contributed by atoms with Crippen LogP contribution in [-0.4, -0.2) is 47.7 Å². The van der Waals surface area contributed by atoms with E-state index in [0.29, 0.717) is 13.2 Å². The molecule has 2 fully saturated rings. The van der Waals surface area contributed by atoms with Crippen LogP contribution in [0, 0.1) is 17.3 Å². The summed E-state index contributed by atoms with van der Waals surface area (Å²) >= 11 is 0. The van der Waals surface area contributed by atoms with E-state index in [1.807, 2.05) is 6.92 Å². The normalized spacial score (nSPS) is 31.3. The number of carbonyl (C=O) groups is 2. The Morgan fingerprint density at radius 2 is 2.05 bits per heavy atom. The Kier molecular flexibility index (Phi) is 4.91. The number of carboxylic acid groups (broad SMARTS) is 1. The molecule has 2 aliphatic rings. The SMILES string of the molecule is CCCN(C(=O)C1CCCC1(C)C)C1COCC1C(=O)O. The van der Waals surface area contributed by atoms with Crippen molar-refractivity contribution in [2.45, 2.75) is 52.5 Å². The zero-order valence-corrected chi connectivity index (χ0v) is 13.3. The van der Waals surface area contributed by atoms with E-state index in [1.54, 1.807) is 4.90 Å². The second-order valence-corrected chi connectivity index (χ2v) is 7.01. The number of ether oxygens (including phenoxy) is 1. The second-order valence-electron chi connectivity index (χ2n) is 7.01. The van der Waals surface area contributed by atoms with Crippen LogP contribution in [0.2, 0.25) is 0 Å². The average molecular weight is 297 g/mol. The molecule has 0 aromatic rings. The van der Waals surface area contributed by atoms with E-state index in [-0.39, 0.29) is 29.9 Å². The van der Waals surface area contributed by atoms with Gasteiger partial charge in [-0.15, -0.1) is 0 Å². The number of carbonyl (C=O) groups excluding carboxylic acids is 1. The molecule has 0 aromatic heterocycles. The van der Waals surface area contributed by atoms with Gasteiger partial charge in [0.15, 0.2) is 0 Å². The molecular weight excluding hydrogens is 270 g/mol. The fourth-order valence-electron chi connectivity index (χ4n) is 3.75. The lowest BCUT2D eigenvalue weighted by Gasteiger charge is -2.36. The monoisotopic (exact) mass is 297 g/mol. The third-order valence-electron chi connectivity index (χ3n) is 5.07. The Balaban J connectivity index is 2.18. The maximum Gasteiger partial charge on any atom is 0.311 e. The van der Waals surface area contributed by atoms with Crippen LogP contribution in [0.3, 0.4) is 0 Å². The maximum atomic E-state index is 13.0.